The summed E-state index contributed by atoms with van der Waals surface area (Å²) in [6, 6.07) is 23.4. The van der Waals surface area contributed by atoms with E-state index in [1.54, 1.807) is 72.8 Å². The summed E-state index contributed by atoms with van der Waals surface area (Å²) in [4.78, 5) is 0. The smallest absolute Gasteiger partial charge is 0.260 e. The van der Waals surface area contributed by atoms with E-state index < -0.39 is 5.41 Å². The minimum atomic E-state index is -1.44. The Labute approximate surface area is 167 Å². The van der Waals surface area contributed by atoms with Crippen molar-refractivity contribution < 1.29 is 30.1 Å². The first-order chi connectivity index (χ1) is 14.1. The first kappa shape index (κ1) is 18.3. The zero-order valence-electron chi connectivity index (χ0n) is 15.4. The molecule has 0 aliphatic heterocycles. The molecule has 4 aromatic rings. The lowest BCUT2D eigenvalue weighted by molar-refractivity contribution is -0.920. The van der Waals surface area contributed by atoms with Gasteiger partial charge in [-0.1, -0.05) is 36.4 Å². The Morgan fingerprint density at radius 1 is 0.517 bits per heavy atom. The minimum Gasteiger partial charge on any atom is -0.508 e. The number of nitrogens with zero attached hydrogens (tertiary/aromatic N) is 2. The lowest BCUT2D eigenvalue weighted by Gasteiger charge is -2.29. The van der Waals surface area contributed by atoms with Gasteiger partial charge in [0.15, 0.2) is 0 Å². The monoisotopic (exact) mass is 388 g/mol. The average molecular weight is 388 g/mol. The second-order valence-electron chi connectivity index (χ2n) is 6.65. The molecule has 0 fully saturated rings. The standard InChI is InChI=1S/C23H18N2O4/c26-19-11-3-1-9-17(19)23(18-10-2-4-12-20(18)27,21-13-5-7-15-24(21)28)22-14-6-8-16-25(22)29/h1-16H,(H2-2,26,27,28,29)/p+2. The van der Waals surface area contributed by atoms with Gasteiger partial charge in [0.05, 0.1) is 0 Å². The molecule has 0 atom stereocenters. The molecule has 144 valence electrons. The summed E-state index contributed by atoms with van der Waals surface area (Å²) in [5.41, 5.74) is -0.0501. The molecule has 6 nitrogen and oxygen atoms in total. The Hall–Kier alpha value is -4.06. The number of hydrogen-bond acceptors (Lipinski definition) is 4. The fourth-order valence-electron chi connectivity index (χ4n) is 3.87. The zero-order chi connectivity index (χ0) is 20.4. The van der Waals surface area contributed by atoms with E-state index >= 15 is 0 Å². The van der Waals surface area contributed by atoms with Gasteiger partial charge in [-0.3, -0.25) is 10.4 Å². The number of pyridine rings is 2. The molecule has 0 spiro atoms. The normalized spacial score (nSPS) is 11.3. The van der Waals surface area contributed by atoms with Gasteiger partial charge in [0.25, 0.3) is 11.4 Å². The van der Waals surface area contributed by atoms with Crippen LogP contribution in [0.2, 0.25) is 0 Å². The third kappa shape index (κ3) is 2.82. The molecular formula is C23H20N2O4+2. The molecule has 0 amide bonds. The molecule has 2 heterocycles. The largest absolute Gasteiger partial charge is 0.508 e. The summed E-state index contributed by atoms with van der Waals surface area (Å²) in [5, 5.41) is 43.2. The van der Waals surface area contributed by atoms with E-state index in [9.17, 15) is 20.6 Å². The predicted molar refractivity (Wildman–Crippen MR) is 103 cm³/mol. The van der Waals surface area contributed by atoms with Crippen LogP contribution >= 0.6 is 0 Å². The van der Waals surface area contributed by atoms with E-state index in [1.165, 1.54) is 24.5 Å². The highest BCUT2D eigenvalue weighted by molar-refractivity contribution is 5.61. The number of phenolic OH excluding ortho intramolecular Hbond substituents is 2. The van der Waals surface area contributed by atoms with E-state index in [0.717, 1.165) is 9.46 Å². The van der Waals surface area contributed by atoms with Crippen molar-refractivity contribution in [3.05, 3.63) is 120 Å². The van der Waals surface area contributed by atoms with E-state index in [2.05, 4.69) is 0 Å². The van der Waals surface area contributed by atoms with Crippen LogP contribution in [-0.4, -0.2) is 20.6 Å². The van der Waals surface area contributed by atoms with Crippen molar-refractivity contribution in [1.29, 1.82) is 0 Å². The van der Waals surface area contributed by atoms with Crippen molar-refractivity contribution in [1.82, 2.24) is 0 Å². The summed E-state index contributed by atoms with van der Waals surface area (Å²) in [7, 11) is 0. The Bertz CT molecular complexity index is 989. The van der Waals surface area contributed by atoms with Gasteiger partial charge in [0.1, 0.15) is 11.5 Å². The van der Waals surface area contributed by atoms with Crippen LogP contribution in [-0.2, 0) is 5.41 Å². The first-order valence-electron chi connectivity index (χ1n) is 9.04. The summed E-state index contributed by atoms with van der Waals surface area (Å²) in [5.74, 6) is -0.105. The van der Waals surface area contributed by atoms with Gasteiger partial charge in [0.2, 0.25) is 17.8 Å². The summed E-state index contributed by atoms with van der Waals surface area (Å²) in [6.07, 6.45) is 2.91. The number of benzene rings is 2. The fourth-order valence-corrected chi connectivity index (χ4v) is 3.87. The third-order valence-corrected chi connectivity index (χ3v) is 5.06. The zero-order valence-corrected chi connectivity index (χ0v) is 15.4. The number of rotatable bonds is 4. The molecule has 4 rings (SSSR count). The maximum Gasteiger partial charge on any atom is 0.260 e. The molecule has 0 unspecified atom stereocenters. The van der Waals surface area contributed by atoms with Crippen LogP contribution in [0.3, 0.4) is 0 Å². The van der Waals surface area contributed by atoms with E-state index in [1.807, 2.05) is 0 Å². The Balaban J connectivity index is 2.28. The quantitative estimate of drug-likeness (QED) is 0.320. The lowest BCUT2D eigenvalue weighted by atomic mass is 9.68. The van der Waals surface area contributed by atoms with Gasteiger partial charge in [-0.25, -0.2) is 0 Å². The number of aromatic hydroxyl groups is 2. The average Bonchev–Trinajstić information content (AvgIpc) is 2.73. The summed E-state index contributed by atoms with van der Waals surface area (Å²) < 4.78 is 1.84. The molecule has 4 N–H and O–H groups in total. The third-order valence-electron chi connectivity index (χ3n) is 5.06. The number of hydrogen-bond donors (Lipinski definition) is 4. The molecule has 0 saturated carbocycles. The highest BCUT2D eigenvalue weighted by atomic mass is 16.5. The molecule has 0 bridgehead atoms. The van der Waals surface area contributed by atoms with Crippen LogP contribution in [0.5, 0.6) is 11.5 Å². The molecule has 0 aliphatic rings. The van der Waals surface area contributed by atoms with E-state index in [4.69, 9.17) is 0 Å². The van der Waals surface area contributed by atoms with Crippen molar-refractivity contribution in [3.8, 4) is 11.5 Å². The van der Waals surface area contributed by atoms with Crippen LogP contribution in [0.4, 0.5) is 0 Å². The van der Waals surface area contributed by atoms with E-state index in [0.29, 0.717) is 22.5 Å². The maximum absolute atomic E-state index is 10.8. The van der Waals surface area contributed by atoms with Gasteiger partial charge in [0, 0.05) is 44.9 Å². The van der Waals surface area contributed by atoms with E-state index in [-0.39, 0.29) is 11.5 Å². The van der Waals surface area contributed by atoms with Gasteiger partial charge >= 0.3 is 0 Å². The van der Waals surface area contributed by atoms with Crippen LogP contribution in [0.15, 0.2) is 97.3 Å². The second kappa shape index (κ2) is 7.16. The van der Waals surface area contributed by atoms with Gasteiger partial charge in [-0.15, -0.1) is 0 Å². The van der Waals surface area contributed by atoms with Crippen molar-refractivity contribution in [2.24, 2.45) is 0 Å². The number of phenols is 2. The fraction of sp³-hybridized carbons (Fsp3) is 0.0435. The molecule has 2 aromatic heterocycles. The number of aromatic nitrogens is 2. The van der Waals surface area contributed by atoms with Gasteiger partial charge in [-0.2, -0.15) is 0 Å². The van der Waals surface area contributed by atoms with Gasteiger partial charge < -0.3 is 10.2 Å². The molecule has 2 aromatic carbocycles. The SMILES string of the molecule is Oc1ccccc1C(c1ccccc1O)(c1cccc[n+]1O)c1cccc[n+]1O. The minimum absolute atomic E-state index is 0.0524. The van der Waals surface area contributed by atoms with Gasteiger partial charge in [-0.05, 0) is 24.3 Å². The Morgan fingerprint density at radius 2 is 0.897 bits per heavy atom. The van der Waals surface area contributed by atoms with Crippen LogP contribution < -0.4 is 9.46 Å². The van der Waals surface area contributed by atoms with Crippen LogP contribution in [0.25, 0.3) is 0 Å². The Kier molecular flexibility index (Phi) is 4.52. The molecular weight excluding hydrogens is 368 g/mol. The van der Waals surface area contributed by atoms with Crippen molar-refractivity contribution >= 4 is 0 Å². The molecule has 0 saturated heterocycles. The molecule has 0 radical (unpaired) electrons. The molecule has 6 heteroatoms. The topological polar surface area (TPSA) is 88.7 Å². The van der Waals surface area contributed by atoms with Crippen molar-refractivity contribution in [2.75, 3.05) is 0 Å². The summed E-state index contributed by atoms with van der Waals surface area (Å²) >= 11 is 0. The highest BCUT2D eigenvalue weighted by Gasteiger charge is 2.55. The first-order valence-corrected chi connectivity index (χ1v) is 9.04. The lowest BCUT2D eigenvalue weighted by Crippen LogP contribution is -2.52. The Morgan fingerprint density at radius 3 is 1.28 bits per heavy atom. The van der Waals surface area contributed by atoms with Crippen molar-refractivity contribution in [2.45, 2.75) is 5.41 Å². The van der Waals surface area contributed by atoms with Crippen molar-refractivity contribution in [3.63, 3.8) is 0 Å². The second-order valence-corrected chi connectivity index (χ2v) is 6.65. The predicted octanol–water partition coefficient (Wildman–Crippen LogP) is 2.53. The number of para-hydroxylation sites is 2. The molecule has 29 heavy (non-hydrogen) atoms. The summed E-state index contributed by atoms with van der Waals surface area (Å²) in [6.45, 7) is 0. The van der Waals surface area contributed by atoms with Crippen LogP contribution in [0, 0.1) is 0 Å². The highest BCUT2D eigenvalue weighted by Crippen LogP contribution is 2.48. The maximum atomic E-state index is 10.8. The van der Waals surface area contributed by atoms with Crippen LogP contribution in [0.1, 0.15) is 22.5 Å². The molecule has 0 aliphatic carbocycles.